The Hall–Kier alpha value is -2.67. The zero-order valence-electron chi connectivity index (χ0n) is 21.5. The van der Waals surface area contributed by atoms with E-state index >= 15 is 0 Å². The zero-order chi connectivity index (χ0) is 25.5. The Bertz CT molecular complexity index is 1130. The number of carboxylic acid groups (broad SMARTS) is 1. The summed E-state index contributed by atoms with van der Waals surface area (Å²) in [5.74, 6) is -1.25. The molecule has 0 bridgehead atoms. The Morgan fingerprint density at radius 1 is 1.14 bits per heavy atom. The van der Waals surface area contributed by atoms with Crippen LogP contribution in [0.15, 0.2) is 24.4 Å². The van der Waals surface area contributed by atoms with Crippen LogP contribution >= 0.6 is 0 Å². The van der Waals surface area contributed by atoms with Crippen LogP contribution in [0.2, 0.25) is 0 Å². The third-order valence-electron chi connectivity index (χ3n) is 8.84. The number of amides is 1. The molecule has 1 unspecified atom stereocenters. The Labute approximate surface area is 207 Å². The lowest BCUT2D eigenvalue weighted by molar-refractivity contribution is -0.141. The summed E-state index contributed by atoms with van der Waals surface area (Å²) in [6.07, 6.45) is 4.37. The molecule has 1 aromatic carbocycles. The van der Waals surface area contributed by atoms with Crippen LogP contribution in [0.5, 0.6) is 0 Å². The van der Waals surface area contributed by atoms with Gasteiger partial charge in [-0.1, -0.05) is 40.7 Å². The molecule has 1 atom stereocenters. The van der Waals surface area contributed by atoms with Gasteiger partial charge >= 0.3 is 5.97 Å². The van der Waals surface area contributed by atoms with Crippen molar-refractivity contribution >= 4 is 28.6 Å². The highest BCUT2D eigenvalue weighted by atomic mass is 16.5. The van der Waals surface area contributed by atoms with Gasteiger partial charge < -0.3 is 19.7 Å². The Morgan fingerprint density at radius 2 is 1.80 bits per heavy atom. The fraction of sp³-hybridized carbons (Fsp3) is 0.607. The van der Waals surface area contributed by atoms with Crippen LogP contribution in [0.25, 0.3) is 10.9 Å². The van der Waals surface area contributed by atoms with Crippen molar-refractivity contribution in [3.05, 3.63) is 35.5 Å². The van der Waals surface area contributed by atoms with Crippen LogP contribution in [0, 0.1) is 28.6 Å². The van der Waals surface area contributed by atoms with Gasteiger partial charge in [-0.25, -0.2) is 0 Å². The van der Waals surface area contributed by atoms with Crippen molar-refractivity contribution in [2.24, 2.45) is 28.6 Å². The van der Waals surface area contributed by atoms with Crippen molar-refractivity contribution < 1.29 is 24.2 Å². The van der Waals surface area contributed by atoms with Gasteiger partial charge in [-0.15, -0.1) is 0 Å². The lowest BCUT2D eigenvalue weighted by Crippen LogP contribution is -2.32. The summed E-state index contributed by atoms with van der Waals surface area (Å²) in [7, 11) is 0. The van der Waals surface area contributed by atoms with E-state index in [2.05, 4.69) is 37.6 Å². The number of carbonyl (C=O) groups is 3. The Balaban J connectivity index is 1.66. The molecule has 1 saturated heterocycles. The monoisotopic (exact) mass is 482 g/mol. The summed E-state index contributed by atoms with van der Waals surface area (Å²) < 4.78 is 7.65. The summed E-state index contributed by atoms with van der Waals surface area (Å²) in [5.41, 5.74) is 1.95. The second kappa shape index (κ2) is 9.41. The highest BCUT2D eigenvalue weighted by molar-refractivity contribution is 6.12. The molecule has 7 nitrogen and oxygen atoms in total. The smallest absolute Gasteiger partial charge is 0.308 e. The van der Waals surface area contributed by atoms with Gasteiger partial charge in [0.25, 0.3) is 5.91 Å². The molecule has 2 fully saturated rings. The summed E-state index contributed by atoms with van der Waals surface area (Å²) in [6.45, 7) is 12.8. The number of hydrogen-bond acceptors (Lipinski definition) is 4. The highest BCUT2D eigenvalue weighted by Crippen LogP contribution is 2.69. The number of carboxylic acids is 1. The molecular formula is C28H38N2O5. The van der Waals surface area contributed by atoms with E-state index in [9.17, 15) is 19.5 Å². The van der Waals surface area contributed by atoms with Crippen LogP contribution in [-0.4, -0.2) is 47.1 Å². The highest BCUT2D eigenvalue weighted by Gasteiger charge is 2.68. The second-order valence-corrected chi connectivity index (χ2v) is 11.4. The van der Waals surface area contributed by atoms with Crippen molar-refractivity contribution in [1.82, 2.24) is 9.88 Å². The molecule has 1 aliphatic heterocycles. The number of rotatable bonds is 9. The average molecular weight is 483 g/mol. The fourth-order valence-corrected chi connectivity index (χ4v) is 5.72. The summed E-state index contributed by atoms with van der Waals surface area (Å²) in [4.78, 5) is 37.9. The first-order chi connectivity index (χ1) is 16.5. The molecule has 1 aromatic heterocycles. The number of aromatic nitrogens is 1. The SMILES string of the molecule is CCC(CNC(=O)c1ccc2c(C(=O)C3C(C)(C)C3(C)C)cn(CC3CCOCC3)c2c1)C(=O)O. The van der Waals surface area contributed by atoms with Crippen LogP contribution in [-0.2, 0) is 16.1 Å². The maximum Gasteiger partial charge on any atom is 0.308 e. The minimum absolute atomic E-state index is 0.0397. The number of carbonyl (C=O) groups excluding carboxylic acids is 2. The van der Waals surface area contributed by atoms with E-state index in [0.717, 1.165) is 49.1 Å². The van der Waals surface area contributed by atoms with Gasteiger partial charge in [0.05, 0.1) is 5.92 Å². The molecule has 2 aromatic rings. The second-order valence-electron chi connectivity index (χ2n) is 11.4. The normalized spacial score (nSPS) is 20.5. The number of ether oxygens (including phenoxy) is 1. The number of hydrogen-bond donors (Lipinski definition) is 2. The van der Waals surface area contributed by atoms with Gasteiger partial charge in [-0.05, 0) is 48.1 Å². The van der Waals surface area contributed by atoms with Gasteiger partial charge in [0.15, 0.2) is 5.78 Å². The van der Waals surface area contributed by atoms with Crippen molar-refractivity contribution in [2.75, 3.05) is 19.8 Å². The molecule has 190 valence electrons. The van der Waals surface area contributed by atoms with Crippen LogP contribution in [0.4, 0.5) is 0 Å². The Kier molecular flexibility index (Phi) is 6.84. The topological polar surface area (TPSA) is 97.6 Å². The largest absolute Gasteiger partial charge is 0.481 e. The average Bonchev–Trinajstić information content (AvgIpc) is 3.05. The minimum atomic E-state index is -0.914. The van der Waals surface area contributed by atoms with Crippen molar-refractivity contribution in [2.45, 2.75) is 60.4 Å². The molecule has 2 N–H and O–H groups in total. The first-order valence-electron chi connectivity index (χ1n) is 12.7. The van der Waals surface area contributed by atoms with Gasteiger partial charge in [-0.3, -0.25) is 14.4 Å². The lowest BCUT2D eigenvalue weighted by atomic mass is 10.00. The maximum absolute atomic E-state index is 13.7. The molecule has 2 heterocycles. The quantitative estimate of drug-likeness (QED) is 0.502. The summed E-state index contributed by atoms with van der Waals surface area (Å²) in [5, 5.41) is 12.9. The summed E-state index contributed by atoms with van der Waals surface area (Å²) >= 11 is 0. The number of fused-ring (bicyclic) bond motifs is 1. The van der Waals surface area contributed by atoms with E-state index in [1.54, 1.807) is 13.0 Å². The molecule has 0 spiro atoms. The van der Waals surface area contributed by atoms with Gasteiger partial charge in [0, 0.05) is 60.4 Å². The predicted octanol–water partition coefficient (Wildman–Crippen LogP) is 4.77. The Morgan fingerprint density at radius 3 is 2.37 bits per heavy atom. The molecule has 1 saturated carbocycles. The van der Waals surface area contributed by atoms with Crippen LogP contribution in [0.1, 0.15) is 74.6 Å². The predicted molar refractivity (Wildman–Crippen MR) is 135 cm³/mol. The summed E-state index contributed by atoms with van der Waals surface area (Å²) in [6, 6.07) is 5.44. The molecule has 1 amide bonds. The first-order valence-corrected chi connectivity index (χ1v) is 12.7. The van der Waals surface area contributed by atoms with Crippen LogP contribution in [0.3, 0.4) is 0 Å². The number of benzene rings is 1. The molecule has 2 aliphatic rings. The van der Waals surface area contributed by atoms with E-state index in [0.29, 0.717) is 17.9 Å². The maximum atomic E-state index is 13.7. The van der Waals surface area contributed by atoms with E-state index in [4.69, 9.17) is 4.74 Å². The third-order valence-corrected chi connectivity index (χ3v) is 8.84. The van der Waals surface area contributed by atoms with Gasteiger partial charge in [-0.2, -0.15) is 0 Å². The van der Waals surface area contributed by atoms with Crippen molar-refractivity contribution in [3.63, 3.8) is 0 Å². The van der Waals surface area contributed by atoms with Crippen molar-refractivity contribution in [1.29, 1.82) is 0 Å². The minimum Gasteiger partial charge on any atom is -0.481 e. The van der Waals surface area contributed by atoms with Gasteiger partial charge in [0.1, 0.15) is 0 Å². The molecule has 1 aliphatic carbocycles. The van der Waals surface area contributed by atoms with Crippen LogP contribution < -0.4 is 5.32 Å². The number of nitrogens with one attached hydrogen (secondary N) is 1. The first kappa shape index (κ1) is 25.4. The zero-order valence-corrected chi connectivity index (χ0v) is 21.5. The molecule has 0 radical (unpaired) electrons. The number of aliphatic carboxylic acids is 1. The molecule has 4 rings (SSSR count). The molecular weight excluding hydrogens is 444 g/mol. The van der Waals surface area contributed by atoms with Crippen molar-refractivity contribution in [3.8, 4) is 0 Å². The van der Waals surface area contributed by atoms with E-state index in [1.165, 1.54) is 0 Å². The number of Topliss-reactive ketones (excluding diaryl/α,β-unsaturated/α-hetero) is 1. The molecule has 7 heteroatoms. The third kappa shape index (κ3) is 4.63. The van der Waals surface area contributed by atoms with E-state index in [-0.39, 0.29) is 35.0 Å². The number of nitrogens with zero attached hydrogens (tertiary/aromatic N) is 1. The molecule has 35 heavy (non-hydrogen) atoms. The standard InChI is InChI=1S/C28H38N2O5/c1-6-18(26(33)34)14-29-25(32)19-7-8-20-21(23(31)24-27(2,3)28(24,4)5)16-30(22(20)13-19)15-17-9-11-35-12-10-17/h7-8,13,16-18,24H,6,9-12,14-15H2,1-5H3,(H,29,32)(H,33,34). The van der Waals surface area contributed by atoms with E-state index in [1.807, 2.05) is 18.3 Å². The lowest BCUT2D eigenvalue weighted by Gasteiger charge is -2.22. The van der Waals surface area contributed by atoms with E-state index < -0.39 is 11.9 Å². The fourth-order valence-electron chi connectivity index (χ4n) is 5.72. The number of ketones is 1. The van der Waals surface area contributed by atoms with Gasteiger partial charge in [0.2, 0.25) is 0 Å².